The lowest BCUT2D eigenvalue weighted by Crippen LogP contribution is -2.27. The lowest BCUT2D eigenvalue weighted by molar-refractivity contribution is -0.153. The molecule has 0 fully saturated rings. The summed E-state index contributed by atoms with van der Waals surface area (Å²) < 4.78 is 10.5. The van der Waals surface area contributed by atoms with Crippen molar-refractivity contribution in [2.45, 2.75) is 52.7 Å². The van der Waals surface area contributed by atoms with E-state index in [0.29, 0.717) is 13.0 Å². The Balaban J connectivity index is 3.63. The average molecular weight is 188 g/mol. The molecule has 0 aliphatic heterocycles. The molecule has 0 amide bonds. The topological polar surface area (TPSA) is 35.5 Å². The Morgan fingerprint density at radius 3 is 2.31 bits per heavy atom. The lowest BCUT2D eigenvalue weighted by Gasteiger charge is -2.22. The van der Waals surface area contributed by atoms with Crippen LogP contribution in [0.3, 0.4) is 0 Å². The van der Waals surface area contributed by atoms with E-state index in [-0.39, 0.29) is 17.7 Å². The number of ether oxygens (including phenoxy) is 2. The van der Waals surface area contributed by atoms with Crippen LogP contribution in [0.4, 0.5) is 0 Å². The number of carbonyl (C=O) groups is 1. The van der Waals surface area contributed by atoms with Crippen LogP contribution >= 0.6 is 0 Å². The second-order valence-corrected chi connectivity index (χ2v) is 4.08. The van der Waals surface area contributed by atoms with E-state index >= 15 is 0 Å². The van der Waals surface area contributed by atoms with E-state index < -0.39 is 0 Å². The molecule has 0 aromatic heterocycles. The highest BCUT2D eigenvalue weighted by Gasteiger charge is 2.14. The van der Waals surface area contributed by atoms with Crippen LogP contribution in [-0.2, 0) is 14.3 Å². The molecule has 0 radical (unpaired) electrons. The van der Waals surface area contributed by atoms with Crippen LogP contribution < -0.4 is 0 Å². The molecule has 3 heteroatoms. The summed E-state index contributed by atoms with van der Waals surface area (Å²) >= 11 is 0. The maximum Gasteiger partial charge on any atom is 0.305 e. The van der Waals surface area contributed by atoms with Gasteiger partial charge in [-0.25, -0.2) is 0 Å². The molecule has 0 N–H and O–H groups in total. The molecule has 0 saturated heterocycles. The first-order valence-electron chi connectivity index (χ1n) is 4.68. The fourth-order valence-corrected chi connectivity index (χ4v) is 0.709. The van der Waals surface area contributed by atoms with Gasteiger partial charge in [-0.15, -0.1) is 0 Å². The smallest absolute Gasteiger partial charge is 0.305 e. The molecule has 0 heterocycles. The number of esters is 1. The van der Waals surface area contributed by atoms with Crippen LogP contribution in [0.5, 0.6) is 0 Å². The van der Waals surface area contributed by atoms with Crippen LogP contribution in [0.2, 0.25) is 0 Å². The van der Waals surface area contributed by atoms with Crippen molar-refractivity contribution in [3.05, 3.63) is 0 Å². The van der Waals surface area contributed by atoms with Crippen molar-refractivity contribution in [1.29, 1.82) is 0 Å². The van der Waals surface area contributed by atoms with E-state index in [9.17, 15) is 4.79 Å². The van der Waals surface area contributed by atoms with Crippen LogP contribution in [0.15, 0.2) is 0 Å². The Bertz CT molecular complexity index is 158. The molecule has 78 valence electrons. The number of hydrogen-bond acceptors (Lipinski definition) is 3. The van der Waals surface area contributed by atoms with Crippen LogP contribution in [0, 0.1) is 0 Å². The molecule has 1 atom stereocenters. The highest BCUT2D eigenvalue weighted by atomic mass is 16.6. The van der Waals surface area contributed by atoms with Gasteiger partial charge in [0.05, 0.1) is 12.2 Å². The van der Waals surface area contributed by atoms with Gasteiger partial charge in [0, 0.05) is 6.42 Å². The van der Waals surface area contributed by atoms with Gasteiger partial charge in [-0.1, -0.05) is 6.92 Å². The molecule has 0 bridgehead atoms. The summed E-state index contributed by atoms with van der Waals surface area (Å²) in [7, 11) is 0. The predicted molar refractivity (Wildman–Crippen MR) is 51.6 cm³/mol. The Hall–Kier alpha value is -0.570. The van der Waals surface area contributed by atoms with Crippen molar-refractivity contribution in [2.75, 3.05) is 6.61 Å². The zero-order valence-electron chi connectivity index (χ0n) is 9.22. The molecule has 0 aliphatic carbocycles. The van der Waals surface area contributed by atoms with E-state index in [1.54, 1.807) is 6.92 Å². The first-order valence-corrected chi connectivity index (χ1v) is 4.68. The zero-order valence-corrected chi connectivity index (χ0v) is 9.22. The van der Waals surface area contributed by atoms with Gasteiger partial charge in [0.25, 0.3) is 0 Å². The van der Waals surface area contributed by atoms with Crippen molar-refractivity contribution in [3.8, 4) is 0 Å². The summed E-state index contributed by atoms with van der Waals surface area (Å²) in [5, 5.41) is 0. The minimum atomic E-state index is -0.176. The summed E-state index contributed by atoms with van der Waals surface area (Å²) in [5.74, 6) is -0.176. The molecule has 0 spiro atoms. The van der Waals surface area contributed by atoms with E-state index in [1.807, 2.05) is 27.7 Å². The molecule has 0 aromatic rings. The molecule has 13 heavy (non-hydrogen) atoms. The maximum absolute atomic E-state index is 10.9. The van der Waals surface area contributed by atoms with Crippen LogP contribution in [-0.4, -0.2) is 24.3 Å². The Kier molecular flexibility index (Phi) is 4.99. The second kappa shape index (κ2) is 5.22. The zero-order chi connectivity index (χ0) is 10.5. The summed E-state index contributed by atoms with van der Waals surface area (Å²) in [6.45, 7) is 9.98. The van der Waals surface area contributed by atoms with Crippen molar-refractivity contribution in [2.24, 2.45) is 0 Å². The SMILES string of the molecule is CCC(=O)OC(C)COC(C)(C)C. The molecular weight excluding hydrogens is 168 g/mol. The number of hydrogen-bond donors (Lipinski definition) is 0. The van der Waals surface area contributed by atoms with E-state index in [4.69, 9.17) is 9.47 Å². The molecular formula is C10H20O3. The van der Waals surface area contributed by atoms with Gasteiger partial charge in [0.1, 0.15) is 6.10 Å². The summed E-state index contributed by atoms with van der Waals surface area (Å²) in [6, 6.07) is 0. The Morgan fingerprint density at radius 1 is 1.38 bits per heavy atom. The Morgan fingerprint density at radius 2 is 1.92 bits per heavy atom. The van der Waals surface area contributed by atoms with E-state index in [0.717, 1.165) is 0 Å². The molecule has 0 rings (SSSR count). The standard InChI is InChI=1S/C10H20O3/c1-6-9(11)13-8(2)7-12-10(3,4)5/h8H,6-7H2,1-5H3. The fourth-order valence-electron chi connectivity index (χ4n) is 0.709. The van der Waals surface area contributed by atoms with Crippen molar-refractivity contribution in [1.82, 2.24) is 0 Å². The summed E-state index contributed by atoms with van der Waals surface area (Å²) in [6.07, 6.45) is 0.256. The predicted octanol–water partition coefficient (Wildman–Crippen LogP) is 2.14. The maximum atomic E-state index is 10.9. The van der Waals surface area contributed by atoms with Crippen LogP contribution in [0.25, 0.3) is 0 Å². The lowest BCUT2D eigenvalue weighted by atomic mass is 10.2. The van der Waals surface area contributed by atoms with Gasteiger partial charge in [-0.05, 0) is 27.7 Å². The Labute approximate surface area is 80.4 Å². The molecule has 0 aromatic carbocycles. The van der Waals surface area contributed by atoms with E-state index in [2.05, 4.69) is 0 Å². The van der Waals surface area contributed by atoms with Crippen LogP contribution in [0.1, 0.15) is 41.0 Å². The van der Waals surface area contributed by atoms with Gasteiger partial charge in [-0.3, -0.25) is 4.79 Å². The summed E-state index contributed by atoms with van der Waals surface area (Å²) in [5.41, 5.74) is -0.174. The minimum absolute atomic E-state index is 0.160. The average Bonchev–Trinajstić information content (AvgIpc) is 1.99. The molecule has 3 nitrogen and oxygen atoms in total. The van der Waals surface area contributed by atoms with Gasteiger partial charge < -0.3 is 9.47 Å². The van der Waals surface area contributed by atoms with Gasteiger partial charge in [-0.2, -0.15) is 0 Å². The highest BCUT2D eigenvalue weighted by Crippen LogP contribution is 2.08. The third-order valence-corrected chi connectivity index (χ3v) is 1.37. The molecule has 0 saturated carbocycles. The highest BCUT2D eigenvalue weighted by molar-refractivity contribution is 5.69. The van der Waals surface area contributed by atoms with Gasteiger partial charge >= 0.3 is 5.97 Å². The second-order valence-electron chi connectivity index (χ2n) is 4.08. The third kappa shape index (κ3) is 7.78. The molecule has 1 unspecified atom stereocenters. The van der Waals surface area contributed by atoms with Crippen molar-refractivity contribution >= 4 is 5.97 Å². The number of carbonyl (C=O) groups excluding carboxylic acids is 1. The first-order chi connectivity index (χ1) is 5.85. The largest absolute Gasteiger partial charge is 0.460 e. The fraction of sp³-hybridized carbons (Fsp3) is 0.900. The van der Waals surface area contributed by atoms with E-state index in [1.165, 1.54) is 0 Å². The van der Waals surface area contributed by atoms with Crippen molar-refractivity contribution < 1.29 is 14.3 Å². The van der Waals surface area contributed by atoms with Crippen molar-refractivity contribution in [3.63, 3.8) is 0 Å². The first kappa shape index (κ1) is 12.4. The normalized spacial score (nSPS) is 13.9. The minimum Gasteiger partial charge on any atom is -0.460 e. The number of rotatable bonds is 4. The monoisotopic (exact) mass is 188 g/mol. The van der Waals surface area contributed by atoms with Gasteiger partial charge in [0.2, 0.25) is 0 Å². The van der Waals surface area contributed by atoms with Gasteiger partial charge in [0.15, 0.2) is 0 Å². The molecule has 0 aliphatic rings. The third-order valence-electron chi connectivity index (χ3n) is 1.37. The quantitative estimate of drug-likeness (QED) is 0.634. The summed E-state index contributed by atoms with van der Waals surface area (Å²) in [4.78, 5) is 10.9.